The standard InChI is InChI=1S/C23H25N5O3S/c1-15-5-3-6-18(16(15)2)28-23(24-25-26-28)32-14-22(29)27-10-4-7-19(27)17-8-9-20-21(13-17)31-12-11-30-20/h3,5-6,8-9,13,19H,4,7,10-12,14H2,1-2H3/t19-/m0/s1. The first-order chi connectivity index (χ1) is 15.6. The van der Waals surface area contributed by atoms with E-state index in [9.17, 15) is 4.79 Å². The lowest BCUT2D eigenvalue weighted by molar-refractivity contribution is -0.129. The van der Waals surface area contributed by atoms with Crippen LogP contribution in [-0.2, 0) is 4.79 Å². The van der Waals surface area contributed by atoms with Gasteiger partial charge in [0.15, 0.2) is 11.5 Å². The van der Waals surface area contributed by atoms with Gasteiger partial charge in [-0.15, -0.1) is 5.10 Å². The molecule has 0 aliphatic carbocycles. The largest absolute Gasteiger partial charge is 0.486 e. The highest BCUT2D eigenvalue weighted by Gasteiger charge is 2.31. The van der Waals surface area contributed by atoms with Crippen LogP contribution in [0.5, 0.6) is 11.5 Å². The number of carbonyl (C=O) groups excluding carboxylic acids is 1. The van der Waals surface area contributed by atoms with Crippen LogP contribution in [0.2, 0.25) is 0 Å². The Hall–Kier alpha value is -3.07. The molecule has 0 unspecified atom stereocenters. The van der Waals surface area contributed by atoms with Crippen molar-refractivity contribution in [2.45, 2.75) is 37.9 Å². The molecule has 3 heterocycles. The van der Waals surface area contributed by atoms with Gasteiger partial charge in [-0.3, -0.25) is 4.79 Å². The molecular weight excluding hydrogens is 426 g/mol. The minimum absolute atomic E-state index is 0.0499. The average Bonchev–Trinajstić information content (AvgIpc) is 3.49. The smallest absolute Gasteiger partial charge is 0.233 e. The molecule has 1 saturated heterocycles. The number of thioether (sulfide) groups is 1. The van der Waals surface area contributed by atoms with Gasteiger partial charge >= 0.3 is 0 Å². The fourth-order valence-electron chi connectivity index (χ4n) is 4.27. The van der Waals surface area contributed by atoms with E-state index in [-0.39, 0.29) is 17.7 Å². The van der Waals surface area contributed by atoms with Crippen molar-refractivity contribution in [2.75, 3.05) is 25.5 Å². The van der Waals surface area contributed by atoms with Crippen LogP contribution in [0.25, 0.3) is 5.69 Å². The third-order valence-electron chi connectivity index (χ3n) is 6.09. The average molecular weight is 452 g/mol. The van der Waals surface area contributed by atoms with Gasteiger partial charge in [0.05, 0.1) is 17.5 Å². The van der Waals surface area contributed by atoms with Crippen LogP contribution >= 0.6 is 11.8 Å². The molecule has 9 heteroatoms. The highest BCUT2D eigenvalue weighted by molar-refractivity contribution is 7.99. The number of hydrogen-bond acceptors (Lipinski definition) is 7. The van der Waals surface area contributed by atoms with Gasteiger partial charge in [0, 0.05) is 6.54 Å². The van der Waals surface area contributed by atoms with Crippen LogP contribution in [-0.4, -0.2) is 56.5 Å². The van der Waals surface area contributed by atoms with Crippen molar-refractivity contribution in [3.8, 4) is 17.2 Å². The summed E-state index contributed by atoms with van der Waals surface area (Å²) in [6.45, 7) is 5.98. The SMILES string of the molecule is Cc1cccc(-n2nnnc2SCC(=O)N2CCC[C@H]2c2ccc3c(c2)OCCO3)c1C. The van der Waals surface area contributed by atoms with Gasteiger partial charge in [0.25, 0.3) is 0 Å². The maximum Gasteiger partial charge on any atom is 0.233 e. The second kappa shape index (κ2) is 8.82. The normalized spacial score (nSPS) is 17.6. The monoisotopic (exact) mass is 451 g/mol. The molecule has 8 nitrogen and oxygen atoms in total. The summed E-state index contributed by atoms with van der Waals surface area (Å²) in [6.07, 6.45) is 1.92. The molecule has 5 rings (SSSR count). The maximum atomic E-state index is 13.2. The lowest BCUT2D eigenvalue weighted by Gasteiger charge is -2.26. The van der Waals surface area contributed by atoms with Crippen LogP contribution in [0, 0.1) is 13.8 Å². The molecule has 0 bridgehead atoms. The third-order valence-corrected chi connectivity index (χ3v) is 7.00. The first kappa shape index (κ1) is 20.8. The van der Waals surface area contributed by atoms with Crippen molar-refractivity contribution >= 4 is 17.7 Å². The maximum absolute atomic E-state index is 13.2. The molecule has 2 aromatic carbocycles. The number of ether oxygens (including phenoxy) is 2. The Morgan fingerprint density at radius 1 is 1.16 bits per heavy atom. The van der Waals surface area contributed by atoms with Crippen LogP contribution in [0.15, 0.2) is 41.6 Å². The Labute approximate surface area is 190 Å². The number of nitrogens with zero attached hydrogens (tertiary/aromatic N) is 5. The van der Waals surface area contributed by atoms with Crippen molar-refractivity contribution in [3.63, 3.8) is 0 Å². The van der Waals surface area contributed by atoms with Gasteiger partial charge in [0.1, 0.15) is 13.2 Å². The van der Waals surface area contributed by atoms with Crippen LogP contribution in [0.3, 0.4) is 0 Å². The zero-order valence-electron chi connectivity index (χ0n) is 18.2. The molecule has 0 radical (unpaired) electrons. The summed E-state index contributed by atoms with van der Waals surface area (Å²) in [4.78, 5) is 15.1. The van der Waals surface area contributed by atoms with Gasteiger partial charge in [-0.1, -0.05) is 30.0 Å². The molecule has 1 amide bonds. The number of amides is 1. The topological polar surface area (TPSA) is 82.4 Å². The number of aryl methyl sites for hydroxylation is 1. The first-order valence-corrected chi connectivity index (χ1v) is 11.8. The second-order valence-corrected chi connectivity index (χ2v) is 8.97. The second-order valence-electron chi connectivity index (χ2n) is 8.03. The molecule has 2 aliphatic rings. The summed E-state index contributed by atoms with van der Waals surface area (Å²) in [5, 5.41) is 12.8. The summed E-state index contributed by atoms with van der Waals surface area (Å²) in [7, 11) is 0. The number of rotatable bonds is 5. The fraction of sp³-hybridized carbons (Fsp3) is 0.391. The minimum Gasteiger partial charge on any atom is -0.486 e. The minimum atomic E-state index is 0.0499. The molecule has 166 valence electrons. The van der Waals surface area contributed by atoms with Crippen molar-refractivity contribution in [2.24, 2.45) is 0 Å². The zero-order valence-corrected chi connectivity index (χ0v) is 19.0. The molecule has 1 fully saturated rings. The summed E-state index contributed by atoms with van der Waals surface area (Å²) in [5.74, 6) is 1.90. The first-order valence-electron chi connectivity index (χ1n) is 10.8. The number of likely N-dealkylation sites (tertiary alicyclic amines) is 1. The third kappa shape index (κ3) is 3.92. The van der Waals surface area contributed by atoms with Gasteiger partial charge < -0.3 is 14.4 Å². The summed E-state index contributed by atoms with van der Waals surface area (Å²) < 4.78 is 13.1. The van der Waals surface area contributed by atoms with Crippen LogP contribution < -0.4 is 9.47 Å². The fourth-order valence-corrected chi connectivity index (χ4v) is 5.04. The molecule has 3 aromatic rings. The summed E-state index contributed by atoms with van der Waals surface area (Å²) >= 11 is 1.37. The molecular formula is C23H25N5O3S. The number of carbonyl (C=O) groups is 1. The van der Waals surface area contributed by atoms with E-state index in [1.54, 1.807) is 4.68 Å². The molecule has 2 aliphatic heterocycles. The molecule has 0 N–H and O–H groups in total. The summed E-state index contributed by atoms with van der Waals surface area (Å²) in [6, 6.07) is 12.1. The van der Waals surface area contributed by atoms with E-state index in [2.05, 4.69) is 28.5 Å². The van der Waals surface area contributed by atoms with E-state index < -0.39 is 0 Å². The van der Waals surface area contributed by atoms with Gasteiger partial charge in [-0.2, -0.15) is 4.68 Å². The molecule has 0 spiro atoms. The van der Waals surface area contributed by atoms with E-state index in [1.807, 2.05) is 42.2 Å². The molecule has 1 atom stereocenters. The van der Waals surface area contributed by atoms with E-state index in [0.29, 0.717) is 18.4 Å². The molecule has 1 aromatic heterocycles. The Morgan fingerprint density at radius 3 is 2.88 bits per heavy atom. The Kier molecular flexibility index (Phi) is 5.73. The zero-order chi connectivity index (χ0) is 22.1. The lowest BCUT2D eigenvalue weighted by Crippen LogP contribution is -2.32. The van der Waals surface area contributed by atoms with Crippen LogP contribution in [0.1, 0.15) is 35.6 Å². The summed E-state index contributed by atoms with van der Waals surface area (Å²) in [5.41, 5.74) is 4.31. The van der Waals surface area contributed by atoms with Crippen molar-refractivity contribution in [1.82, 2.24) is 25.1 Å². The highest BCUT2D eigenvalue weighted by Crippen LogP contribution is 2.38. The molecule has 32 heavy (non-hydrogen) atoms. The van der Waals surface area contributed by atoms with Gasteiger partial charge in [-0.05, 0) is 72.0 Å². The van der Waals surface area contributed by atoms with E-state index >= 15 is 0 Å². The lowest BCUT2D eigenvalue weighted by atomic mass is 10.0. The molecule has 0 saturated carbocycles. The quantitative estimate of drug-likeness (QED) is 0.549. The number of aromatic nitrogens is 4. The van der Waals surface area contributed by atoms with E-state index in [0.717, 1.165) is 47.7 Å². The number of benzene rings is 2. The van der Waals surface area contributed by atoms with Gasteiger partial charge in [0.2, 0.25) is 11.1 Å². The van der Waals surface area contributed by atoms with Crippen molar-refractivity contribution in [1.29, 1.82) is 0 Å². The Morgan fingerprint density at radius 2 is 2.00 bits per heavy atom. The number of tetrazole rings is 1. The van der Waals surface area contributed by atoms with E-state index in [1.165, 1.54) is 17.3 Å². The number of hydrogen-bond donors (Lipinski definition) is 0. The highest BCUT2D eigenvalue weighted by atomic mass is 32.2. The van der Waals surface area contributed by atoms with Crippen LogP contribution in [0.4, 0.5) is 0 Å². The Bertz CT molecular complexity index is 1150. The number of fused-ring (bicyclic) bond motifs is 1. The van der Waals surface area contributed by atoms with Crippen molar-refractivity contribution < 1.29 is 14.3 Å². The van der Waals surface area contributed by atoms with E-state index in [4.69, 9.17) is 9.47 Å². The van der Waals surface area contributed by atoms with Gasteiger partial charge in [-0.25, -0.2) is 0 Å². The predicted molar refractivity (Wildman–Crippen MR) is 120 cm³/mol. The predicted octanol–water partition coefficient (Wildman–Crippen LogP) is 3.51. The Balaban J connectivity index is 1.30. The van der Waals surface area contributed by atoms with Crippen molar-refractivity contribution in [3.05, 3.63) is 53.1 Å².